The van der Waals surface area contributed by atoms with Gasteiger partial charge in [0.2, 0.25) is 21.7 Å². The van der Waals surface area contributed by atoms with Crippen molar-refractivity contribution in [1.82, 2.24) is 19.3 Å². The highest BCUT2D eigenvalue weighted by molar-refractivity contribution is 7.89. The number of ether oxygens (including phenoxy) is 1. The fourth-order valence-corrected chi connectivity index (χ4v) is 5.51. The van der Waals surface area contributed by atoms with Gasteiger partial charge >= 0.3 is 0 Å². The Morgan fingerprint density at radius 1 is 1.10 bits per heavy atom. The average molecular weight is 421 g/mol. The minimum atomic E-state index is -3.59. The molecule has 1 aliphatic carbocycles. The lowest BCUT2D eigenvalue weighted by Crippen LogP contribution is -2.47. The fraction of sp³-hybridized carbons (Fsp3) is 0.600. The molecule has 2 aliphatic rings. The highest BCUT2D eigenvalue weighted by atomic mass is 32.2. The number of rotatable bonds is 5. The highest BCUT2D eigenvalue weighted by Crippen LogP contribution is 2.35. The van der Waals surface area contributed by atoms with Gasteiger partial charge in [0.1, 0.15) is 5.75 Å². The van der Waals surface area contributed by atoms with E-state index in [1.54, 1.807) is 25.3 Å². The second-order valence-corrected chi connectivity index (χ2v) is 9.80. The quantitative estimate of drug-likeness (QED) is 0.735. The van der Waals surface area contributed by atoms with Crippen molar-refractivity contribution in [2.75, 3.05) is 40.3 Å². The van der Waals surface area contributed by atoms with Crippen LogP contribution in [-0.4, -0.2) is 68.1 Å². The van der Waals surface area contributed by atoms with E-state index < -0.39 is 10.0 Å². The Hall–Kier alpha value is -1.97. The van der Waals surface area contributed by atoms with Gasteiger partial charge in [-0.1, -0.05) is 24.4 Å². The maximum Gasteiger partial charge on any atom is 0.243 e. The Balaban J connectivity index is 1.64. The monoisotopic (exact) mass is 420 g/mol. The van der Waals surface area contributed by atoms with Crippen LogP contribution in [0.25, 0.3) is 11.4 Å². The molecule has 1 aromatic heterocycles. The zero-order valence-electron chi connectivity index (χ0n) is 17.0. The molecule has 1 saturated heterocycles. The molecule has 1 saturated carbocycles. The van der Waals surface area contributed by atoms with E-state index in [4.69, 9.17) is 9.26 Å². The number of nitrogens with zero attached hydrogens (tertiary/aromatic N) is 4. The van der Waals surface area contributed by atoms with E-state index in [2.05, 4.69) is 15.0 Å². The lowest BCUT2D eigenvalue weighted by Gasteiger charge is -2.31. The van der Waals surface area contributed by atoms with Gasteiger partial charge in [-0.15, -0.1) is 0 Å². The summed E-state index contributed by atoms with van der Waals surface area (Å²) in [6.45, 7) is 2.40. The van der Waals surface area contributed by atoms with Crippen LogP contribution in [0.3, 0.4) is 0 Å². The molecule has 29 heavy (non-hydrogen) atoms. The number of sulfonamides is 1. The van der Waals surface area contributed by atoms with Crippen LogP contribution >= 0.6 is 0 Å². The van der Waals surface area contributed by atoms with E-state index in [1.807, 2.05) is 7.05 Å². The fourth-order valence-electron chi connectivity index (χ4n) is 4.06. The first-order valence-corrected chi connectivity index (χ1v) is 11.6. The van der Waals surface area contributed by atoms with E-state index in [0.717, 1.165) is 25.9 Å². The predicted octanol–water partition coefficient (Wildman–Crippen LogP) is 2.73. The predicted molar refractivity (Wildman–Crippen MR) is 108 cm³/mol. The number of hydrogen-bond acceptors (Lipinski definition) is 7. The Morgan fingerprint density at radius 2 is 1.83 bits per heavy atom. The summed E-state index contributed by atoms with van der Waals surface area (Å²) in [6, 6.07) is 4.84. The first-order valence-electron chi connectivity index (χ1n) is 10.2. The standard InChI is InChI=1S/C20H28N4O4S/c1-23-10-12-24(13-11-23)29(25,26)16-8-9-18(27-2)17(14-16)19-21-20(28-22-19)15-6-4-3-5-7-15/h8-9,14-15H,3-7,10-13H2,1-2H3. The van der Waals surface area contributed by atoms with Crippen LogP contribution in [0, 0.1) is 0 Å². The largest absolute Gasteiger partial charge is 0.496 e. The van der Waals surface area contributed by atoms with E-state index in [9.17, 15) is 8.42 Å². The SMILES string of the molecule is COc1ccc(S(=O)(=O)N2CCN(C)CC2)cc1-c1noc(C2CCCCC2)n1. The molecule has 0 bridgehead atoms. The summed E-state index contributed by atoms with van der Waals surface area (Å²) < 4.78 is 38.8. The van der Waals surface area contributed by atoms with Gasteiger partial charge in [-0.3, -0.25) is 0 Å². The number of benzene rings is 1. The summed E-state index contributed by atoms with van der Waals surface area (Å²) in [5, 5.41) is 4.13. The molecule has 0 atom stereocenters. The molecule has 0 spiro atoms. The van der Waals surface area contributed by atoms with Crippen molar-refractivity contribution in [3.63, 3.8) is 0 Å². The molecule has 9 heteroatoms. The van der Waals surface area contributed by atoms with Gasteiger partial charge < -0.3 is 14.2 Å². The van der Waals surface area contributed by atoms with E-state index in [1.165, 1.54) is 23.6 Å². The first-order chi connectivity index (χ1) is 14.0. The van der Waals surface area contributed by atoms with Crippen LogP contribution in [0.5, 0.6) is 5.75 Å². The number of methoxy groups -OCH3 is 1. The Labute approximate surface area is 171 Å². The third-order valence-corrected chi connectivity index (χ3v) is 7.80. The van der Waals surface area contributed by atoms with Crippen molar-refractivity contribution < 1.29 is 17.7 Å². The third-order valence-electron chi connectivity index (χ3n) is 5.91. The summed E-state index contributed by atoms with van der Waals surface area (Å²) in [5.74, 6) is 1.82. The van der Waals surface area contributed by atoms with E-state index in [0.29, 0.717) is 36.1 Å². The van der Waals surface area contributed by atoms with Crippen molar-refractivity contribution in [1.29, 1.82) is 0 Å². The van der Waals surface area contributed by atoms with Crippen LogP contribution in [0.1, 0.15) is 43.9 Å². The molecule has 2 aromatic rings. The van der Waals surface area contributed by atoms with Gasteiger partial charge in [0, 0.05) is 32.1 Å². The molecule has 0 unspecified atom stereocenters. The van der Waals surface area contributed by atoms with Gasteiger partial charge in [0.15, 0.2) is 0 Å². The van der Waals surface area contributed by atoms with E-state index >= 15 is 0 Å². The number of likely N-dealkylation sites (N-methyl/N-ethyl adjacent to an activating group) is 1. The molecule has 1 aromatic carbocycles. The molecule has 2 fully saturated rings. The van der Waals surface area contributed by atoms with Crippen molar-refractivity contribution in [3.05, 3.63) is 24.1 Å². The maximum atomic E-state index is 13.1. The van der Waals surface area contributed by atoms with Crippen LogP contribution in [-0.2, 0) is 10.0 Å². The number of hydrogen-bond donors (Lipinski definition) is 0. The molecule has 0 amide bonds. The Morgan fingerprint density at radius 3 is 2.52 bits per heavy atom. The second-order valence-electron chi connectivity index (χ2n) is 7.86. The molecule has 2 heterocycles. The molecule has 158 valence electrons. The topological polar surface area (TPSA) is 88.8 Å². The maximum absolute atomic E-state index is 13.1. The van der Waals surface area contributed by atoms with Crippen LogP contribution in [0.2, 0.25) is 0 Å². The molecule has 1 aliphatic heterocycles. The number of aromatic nitrogens is 2. The second kappa shape index (κ2) is 8.41. The van der Waals surface area contributed by atoms with Crippen LogP contribution < -0.4 is 4.74 Å². The average Bonchev–Trinajstić information content (AvgIpc) is 3.24. The lowest BCUT2D eigenvalue weighted by molar-refractivity contribution is 0.222. The van der Waals surface area contributed by atoms with Gasteiger partial charge in [0.05, 0.1) is 17.6 Å². The smallest absolute Gasteiger partial charge is 0.243 e. The third kappa shape index (κ3) is 4.17. The summed E-state index contributed by atoms with van der Waals surface area (Å²) in [7, 11) is -0.0428. The summed E-state index contributed by atoms with van der Waals surface area (Å²) in [6.07, 6.45) is 5.69. The summed E-state index contributed by atoms with van der Waals surface area (Å²) in [4.78, 5) is 6.93. The lowest BCUT2D eigenvalue weighted by atomic mass is 9.89. The highest BCUT2D eigenvalue weighted by Gasteiger charge is 2.29. The molecule has 0 N–H and O–H groups in total. The molecule has 0 radical (unpaired) electrons. The van der Waals surface area contributed by atoms with Gasteiger partial charge in [-0.05, 0) is 38.1 Å². The molecule has 4 rings (SSSR count). The van der Waals surface area contributed by atoms with Crippen molar-refractivity contribution in [2.24, 2.45) is 0 Å². The van der Waals surface area contributed by atoms with Gasteiger partial charge in [0.25, 0.3) is 0 Å². The van der Waals surface area contributed by atoms with Gasteiger partial charge in [-0.25, -0.2) is 8.42 Å². The summed E-state index contributed by atoms with van der Waals surface area (Å²) >= 11 is 0. The molecule has 8 nitrogen and oxygen atoms in total. The van der Waals surface area contributed by atoms with Crippen molar-refractivity contribution in [3.8, 4) is 17.1 Å². The van der Waals surface area contributed by atoms with Crippen LogP contribution in [0.15, 0.2) is 27.6 Å². The Kier molecular flexibility index (Phi) is 5.89. The zero-order chi connectivity index (χ0) is 20.4. The van der Waals surface area contributed by atoms with Crippen molar-refractivity contribution in [2.45, 2.75) is 42.9 Å². The first kappa shape index (κ1) is 20.3. The zero-order valence-corrected chi connectivity index (χ0v) is 17.8. The van der Waals surface area contributed by atoms with Crippen LogP contribution in [0.4, 0.5) is 0 Å². The minimum Gasteiger partial charge on any atom is -0.496 e. The molecular weight excluding hydrogens is 392 g/mol. The molecular formula is C20H28N4O4S. The normalized spacial score (nSPS) is 20.1. The van der Waals surface area contributed by atoms with Crippen molar-refractivity contribution >= 4 is 10.0 Å². The van der Waals surface area contributed by atoms with Gasteiger partial charge in [-0.2, -0.15) is 9.29 Å². The summed E-state index contributed by atoms with van der Waals surface area (Å²) in [5.41, 5.74) is 0.536. The Bertz CT molecular complexity index is 945. The minimum absolute atomic E-state index is 0.224. The number of piperazine rings is 1. The van der Waals surface area contributed by atoms with E-state index in [-0.39, 0.29) is 10.8 Å².